The molecule has 1 aliphatic heterocycles. The molecule has 3 rings (SSSR count). The number of hydrogen-bond acceptors (Lipinski definition) is 4. The number of fused-ring (bicyclic) bond motifs is 1. The van der Waals surface area contributed by atoms with Gasteiger partial charge in [0.15, 0.2) is 0 Å². The second kappa shape index (κ2) is 6.18. The van der Waals surface area contributed by atoms with Gasteiger partial charge in [-0.2, -0.15) is 0 Å². The van der Waals surface area contributed by atoms with Crippen molar-refractivity contribution >= 4 is 33.5 Å². The molecule has 1 fully saturated rings. The number of carbonyl (C=O) groups is 1. The van der Waals surface area contributed by atoms with Gasteiger partial charge in [-0.25, -0.2) is 4.98 Å². The SMILES string of the molecule is CCC1(O)CCCN(C(=O)C=Cc2nc3ccccc3s2)C1. The summed E-state index contributed by atoms with van der Waals surface area (Å²) in [5, 5.41) is 11.2. The van der Waals surface area contributed by atoms with E-state index < -0.39 is 5.60 Å². The van der Waals surface area contributed by atoms with E-state index in [9.17, 15) is 9.90 Å². The molecule has 0 aliphatic carbocycles. The normalized spacial score (nSPS) is 22.5. The lowest BCUT2D eigenvalue weighted by atomic mass is 9.90. The number of hydrogen-bond donors (Lipinski definition) is 1. The van der Waals surface area contributed by atoms with Crippen LogP contribution in [0.25, 0.3) is 16.3 Å². The van der Waals surface area contributed by atoms with Crippen molar-refractivity contribution in [3.63, 3.8) is 0 Å². The molecule has 2 aromatic rings. The summed E-state index contributed by atoms with van der Waals surface area (Å²) >= 11 is 1.57. The molecule has 22 heavy (non-hydrogen) atoms. The van der Waals surface area contributed by atoms with Crippen LogP contribution in [0, 0.1) is 0 Å². The van der Waals surface area contributed by atoms with Gasteiger partial charge in [-0.1, -0.05) is 19.1 Å². The number of piperidine rings is 1. The first-order valence-corrected chi connectivity index (χ1v) is 8.46. The monoisotopic (exact) mass is 316 g/mol. The number of aliphatic hydroxyl groups is 1. The van der Waals surface area contributed by atoms with Gasteiger partial charge in [0, 0.05) is 19.2 Å². The molecule has 1 aromatic carbocycles. The summed E-state index contributed by atoms with van der Waals surface area (Å²) in [5.74, 6) is -0.0502. The van der Waals surface area contributed by atoms with E-state index in [1.54, 1.807) is 28.4 Å². The third-order valence-corrected chi connectivity index (χ3v) is 5.21. The van der Waals surface area contributed by atoms with Crippen LogP contribution in [0.5, 0.6) is 0 Å². The fraction of sp³-hybridized carbons (Fsp3) is 0.412. The molecule has 4 nitrogen and oxygen atoms in total. The van der Waals surface area contributed by atoms with Crippen LogP contribution in [0.2, 0.25) is 0 Å². The first-order valence-electron chi connectivity index (χ1n) is 7.65. The minimum atomic E-state index is -0.725. The average Bonchev–Trinajstić information content (AvgIpc) is 2.95. The third-order valence-electron chi connectivity index (χ3n) is 4.20. The van der Waals surface area contributed by atoms with Crippen molar-refractivity contribution in [2.24, 2.45) is 0 Å². The van der Waals surface area contributed by atoms with Crippen LogP contribution < -0.4 is 0 Å². The highest BCUT2D eigenvalue weighted by molar-refractivity contribution is 7.19. The zero-order valence-electron chi connectivity index (χ0n) is 12.7. The molecule has 1 unspecified atom stereocenters. The number of β-amino-alcohol motifs (C(OH)–C–C–N with tert-alkyl or cyclic N) is 1. The van der Waals surface area contributed by atoms with Gasteiger partial charge in [-0.15, -0.1) is 11.3 Å². The molecule has 0 spiro atoms. The summed E-state index contributed by atoms with van der Waals surface area (Å²) in [5.41, 5.74) is 0.232. The van der Waals surface area contributed by atoms with E-state index in [2.05, 4.69) is 4.98 Å². The number of carbonyl (C=O) groups excluding carboxylic acids is 1. The molecule has 1 aliphatic rings. The molecule has 0 bridgehead atoms. The van der Waals surface area contributed by atoms with Crippen molar-refractivity contribution in [2.45, 2.75) is 31.8 Å². The van der Waals surface area contributed by atoms with Crippen LogP contribution in [0.15, 0.2) is 30.3 Å². The Hall–Kier alpha value is -1.72. The van der Waals surface area contributed by atoms with Crippen LogP contribution in [0.4, 0.5) is 0 Å². The van der Waals surface area contributed by atoms with E-state index in [4.69, 9.17) is 0 Å². The molecule has 1 atom stereocenters. The summed E-state index contributed by atoms with van der Waals surface area (Å²) in [4.78, 5) is 18.5. The number of thiazole rings is 1. The van der Waals surface area contributed by atoms with Crippen LogP contribution in [0.3, 0.4) is 0 Å². The number of para-hydroxylation sites is 1. The lowest BCUT2D eigenvalue weighted by Crippen LogP contribution is -2.49. The van der Waals surface area contributed by atoms with Gasteiger partial charge in [0.2, 0.25) is 5.91 Å². The fourth-order valence-corrected chi connectivity index (χ4v) is 3.67. The number of amides is 1. The van der Waals surface area contributed by atoms with Gasteiger partial charge in [-0.3, -0.25) is 4.79 Å². The summed E-state index contributed by atoms with van der Waals surface area (Å²) < 4.78 is 1.12. The predicted molar refractivity (Wildman–Crippen MR) is 89.7 cm³/mol. The van der Waals surface area contributed by atoms with E-state index >= 15 is 0 Å². The lowest BCUT2D eigenvalue weighted by molar-refractivity contribution is -0.133. The number of aromatic nitrogens is 1. The maximum Gasteiger partial charge on any atom is 0.246 e. The second-order valence-corrected chi connectivity index (χ2v) is 6.86. The van der Waals surface area contributed by atoms with E-state index in [1.165, 1.54) is 0 Å². The molecule has 0 radical (unpaired) electrons. The topological polar surface area (TPSA) is 53.4 Å². The van der Waals surface area contributed by atoms with Crippen molar-refractivity contribution < 1.29 is 9.90 Å². The number of rotatable bonds is 3. The highest BCUT2D eigenvalue weighted by atomic mass is 32.1. The minimum Gasteiger partial charge on any atom is -0.388 e. The third kappa shape index (κ3) is 3.20. The van der Waals surface area contributed by atoms with Gasteiger partial charge in [0.05, 0.1) is 15.8 Å². The minimum absolute atomic E-state index is 0.0502. The van der Waals surface area contributed by atoms with E-state index in [-0.39, 0.29) is 5.91 Å². The molecular formula is C17H20N2O2S. The number of benzene rings is 1. The standard InChI is InChI=1S/C17H20N2O2S/c1-2-17(21)10-5-11-19(12-17)16(20)9-8-15-18-13-6-3-4-7-14(13)22-15/h3-4,6-9,21H,2,5,10-12H2,1H3. The molecule has 116 valence electrons. The molecule has 1 amide bonds. The summed E-state index contributed by atoms with van der Waals surface area (Å²) in [6.07, 6.45) is 5.64. The van der Waals surface area contributed by atoms with Crippen LogP contribution in [-0.2, 0) is 4.79 Å². The predicted octanol–water partition coefficient (Wildman–Crippen LogP) is 3.07. The van der Waals surface area contributed by atoms with Gasteiger partial charge < -0.3 is 10.0 Å². The quantitative estimate of drug-likeness (QED) is 0.885. The van der Waals surface area contributed by atoms with Crippen molar-refractivity contribution in [3.05, 3.63) is 35.3 Å². The zero-order chi connectivity index (χ0) is 15.6. The molecule has 0 saturated carbocycles. The molecule has 5 heteroatoms. The lowest BCUT2D eigenvalue weighted by Gasteiger charge is -2.38. The van der Waals surface area contributed by atoms with Gasteiger partial charge >= 0.3 is 0 Å². The van der Waals surface area contributed by atoms with Crippen molar-refractivity contribution in [3.8, 4) is 0 Å². The van der Waals surface area contributed by atoms with E-state index in [1.807, 2.05) is 31.2 Å². The highest BCUT2D eigenvalue weighted by Gasteiger charge is 2.32. The Labute approximate surface area is 134 Å². The highest BCUT2D eigenvalue weighted by Crippen LogP contribution is 2.25. The van der Waals surface area contributed by atoms with Crippen LogP contribution >= 0.6 is 11.3 Å². The average molecular weight is 316 g/mol. The van der Waals surface area contributed by atoms with Crippen molar-refractivity contribution in [1.82, 2.24) is 9.88 Å². The number of nitrogens with zero attached hydrogens (tertiary/aromatic N) is 2. The molecule has 1 aromatic heterocycles. The van der Waals surface area contributed by atoms with Crippen LogP contribution in [0.1, 0.15) is 31.2 Å². The Kier molecular flexibility index (Phi) is 4.27. The largest absolute Gasteiger partial charge is 0.388 e. The molecular weight excluding hydrogens is 296 g/mol. The van der Waals surface area contributed by atoms with Crippen LogP contribution in [-0.4, -0.2) is 39.6 Å². The van der Waals surface area contributed by atoms with Crippen molar-refractivity contribution in [2.75, 3.05) is 13.1 Å². The Morgan fingerprint density at radius 1 is 1.50 bits per heavy atom. The Morgan fingerprint density at radius 3 is 3.09 bits per heavy atom. The summed E-state index contributed by atoms with van der Waals surface area (Å²) in [6, 6.07) is 7.94. The molecule has 1 N–H and O–H groups in total. The number of likely N-dealkylation sites (tertiary alicyclic amines) is 1. The van der Waals surface area contributed by atoms with Gasteiger partial charge in [0.25, 0.3) is 0 Å². The Morgan fingerprint density at radius 2 is 2.32 bits per heavy atom. The summed E-state index contributed by atoms with van der Waals surface area (Å²) in [7, 11) is 0. The zero-order valence-corrected chi connectivity index (χ0v) is 13.5. The maximum absolute atomic E-state index is 12.3. The van der Waals surface area contributed by atoms with Crippen molar-refractivity contribution in [1.29, 1.82) is 0 Å². The Bertz CT molecular complexity index is 677. The van der Waals surface area contributed by atoms with Gasteiger partial charge in [0.1, 0.15) is 5.01 Å². The Balaban J connectivity index is 1.70. The van der Waals surface area contributed by atoms with E-state index in [0.717, 1.165) is 28.1 Å². The smallest absolute Gasteiger partial charge is 0.246 e. The molecule has 1 saturated heterocycles. The second-order valence-electron chi connectivity index (χ2n) is 5.79. The fourth-order valence-electron chi connectivity index (χ4n) is 2.80. The van der Waals surface area contributed by atoms with Gasteiger partial charge in [-0.05, 0) is 37.5 Å². The first-order chi connectivity index (χ1) is 10.6. The maximum atomic E-state index is 12.3. The molecule has 2 heterocycles. The first kappa shape index (κ1) is 15.2. The summed E-state index contributed by atoms with van der Waals surface area (Å²) in [6.45, 7) is 3.10. The van der Waals surface area contributed by atoms with E-state index in [0.29, 0.717) is 19.5 Å².